The van der Waals surface area contributed by atoms with Crippen LogP contribution in [-0.4, -0.2) is 74.2 Å². The fourth-order valence-electron chi connectivity index (χ4n) is 3.42. The highest BCUT2D eigenvalue weighted by atomic mass is 32.2. The van der Waals surface area contributed by atoms with E-state index >= 15 is 0 Å². The summed E-state index contributed by atoms with van der Waals surface area (Å²) in [5, 5.41) is 0. The highest BCUT2D eigenvalue weighted by molar-refractivity contribution is 7.89. The third-order valence-electron chi connectivity index (χ3n) is 5.21. The number of benzene rings is 1. The van der Waals surface area contributed by atoms with Crippen LogP contribution in [0.4, 0.5) is 0 Å². The third-order valence-corrected chi connectivity index (χ3v) is 7.12. The minimum atomic E-state index is -3.43. The molecule has 1 aromatic carbocycles. The number of rotatable bonds is 4. The van der Waals surface area contributed by atoms with Gasteiger partial charge in [-0.1, -0.05) is 25.1 Å². The summed E-state index contributed by atoms with van der Waals surface area (Å²) in [6, 6.07) is 8.54. The minimum Gasteiger partial charge on any atom is -0.342 e. The van der Waals surface area contributed by atoms with Gasteiger partial charge in [-0.15, -0.1) is 0 Å². The van der Waals surface area contributed by atoms with E-state index in [-0.39, 0.29) is 5.91 Å². The lowest BCUT2D eigenvalue weighted by Crippen LogP contribution is -2.52. The highest BCUT2D eigenvalue weighted by Gasteiger charge is 2.30. The first-order valence-electron chi connectivity index (χ1n) is 9.02. The van der Waals surface area contributed by atoms with Gasteiger partial charge in [0.15, 0.2) is 0 Å². The van der Waals surface area contributed by atoms with Crippen molar-refractivity contribution in [2.45, 2.75) is 24.7 Å². The van der Waals surface area contributed by atoms with Crippen molar-refractivity contribution >= 4 is 15.9 Å². The van der Waals surface area contributed by atoms with E-state index in [4.69, 9.17) is 0 Å². The molecule has 0 radical (unpaired) electrons. The SMILES string of the molecule is CC1CCN(C(=O)CN2CCN(S(=O)(=O)c3ccccc3)CC2)CC1. The summed E-state index contributed by atoms with van der Waals surface area (Å²) < 4.78 is 26.8. The topological polar surface area (TPSA) is 60.9 Å². The molecule has 0 saturated carbocycles. The molecule has 0 N–H and O–H groups in total. The second-order valence-electron chi connectivity index (χ2n) is 7.06. The molecule has 2 aliphatic heterocycles. The molecule has 0 unspecified atom stereocenters. The van der Waals surface area contributed by atoms with Gasteiger partial charge in [0.25, 0.3) is 0 Å². The number of hydrogen-bond acceptors (Lipinski definition) is 4. The van der Waals surface area contributed by atoms with Crippen molar-refractivity contribution in [3.63, 3.8) is 0 Å². The van der Waals surface area contributed by atoms with Gasteiger partial charge in [0, 0.05) is 39.3 Å². The van der Waals surface area contributed by atoms with E-state index in [1.807, 2.05) is 11.0 Å². The molecule has 1 aromatic rings. The third kappa shape index (κ3) is 4.40. The maximum atomic E-state index is 12.6. The molecular weight excluding hydrogens is 338 g/mol. The van der Waals surface area contributed by atoms with Gasteiger partial charge in [-0.05, 0) is 30.9 Å². The Morgan fingerprint density at radius 3 is 2.20 bits per heavy atom. The lowest BCUT2D eigenvalue weighted by atomic mass is 9.99. The van der Waals surface area contributed by atoms with Crippen LogP contribution in [-0.2, 0) is 14.8 Å². The van der Waals surface area contributed by atoms with Crippen molar-refractivity contribution in [2.75, 3.05) is 45.8 Å². The summed E-state index contributed by atoms with van der Waals surface area (Å²) in [5.74, 6) is 0.877. The van der Waals surface area contributed by atoms with Crippen LogP contribution in [0.1, 0.15) is 19.8 Å². The number of likely N-dealkylation sites (tertiary alicyclic amines) is 1. The van der Waals surface area contributed by atoms with Crippen LogP contribution in [0.3, 0.4) is 0 Å². The standard InChI is InChI=1S/C18H27N3O3S/c1-16-7-9-20(10-8-16)18(22)15-19-11-13-21(14-12-19)25(23,24)17-5-3-2-4-6-17/h2-6,16H,7-15H2,1H3. The Hall–Kier alpha value is -1.44. The molecule has 1 amide bonds. The summed E-state index contributed by atoms with van der Waals surface area (Å²) >= 11 is 0. The maximum Gasteiger partial charge on any atom is 0.243 e. The monoisotopic (exact) mass is 365 g/mol. The fraction of sp³-hybridized carbons (Fsp3) is 0.611. The molecule has 2 saturated heterocycles. The number of sulfonamides is 1. The molecule has 0 aromatic heterocycles. The van der Waals surface area contributed by atoms with Crippen molar-refractivity contribution in [1.29, 1.82) is 0 Å². The van der Waals surface area contributed by atoms with E-state index in [9.17, 15) is 13.2 Å². The molecule has 7 heteroatoms. The van der Waals surface area contributed by atoms with Crippen LogP contribution in [0.15, 0.2) is 35.2 Å². The molecule has 6 nitrogen and oxygen atoms in total. The normalized spacial score (nSPS) is 21.4. The largest absolute Gasteiger partial charge is 0.342 e. The second kappa shape index (κ2) is 7.85. The zero-order valence-corrected chi connectivity index (χ0v) is 15.6. The number of amides is 1. The smallest absolute Gasteiger partial charge is 0.243 e. The van der Waals surface area contributed by atoms with Crippen molar-refractivity contribution in [3.05, 3.63) is 30.3 Å². The molecule has 2 heterocycles. The van der Waals surface area contributed by atoms with E-state index in [0.717, 1.165) is 25.9 Å². The van der Waals surface area contributed by atoms with Gasteiger partial charge in [0.1, 0.15) is 0 Å². The molecule has 2 aliphatic rings. The number of carbonyl (C=O) groups excluding carboxylic acids is 1. The summed E-state index contributed by atoms with van der Waals surface area (Å²) in [6.07, 6.45) is 2.16. The summed E-state index contributed by atoms with van der Waals surface area (Å²) in [6.45, 7) is 6.39. The number of nitrogens with zero attached hydrogens (tertiary/aromatic N) is 3. The summed E-state index contributed by atoms with van der Waals surface area (Å²) in [7, 11) is -3.43. The number of hydrogen-bond donors (Lipinski definition) is 0. The Balaban J connectivity index is 1.51. The van der Waals surface area contributed by atoms with E-state index in [1.165, 1.54) is 4.31 Å². The molecule has 0 bridgehead atoms. The molecule has 138 valence electrons. The first kappa shape index (κ1) is 18.4. The highest BCUT2D eigenvalue weighted by Crippen LogP contribution is 2.18. The van der Waals surface area contributed by atoms with Crippen LogP contribution >= 0.6 is 0 Å². The van der Waals surface area contributed by atoms with Gasteiger partial charge in [0.05, 0.1) is 11.4 Å². The fourth-order valence-corrected chi connectivity index (χ4v) is 4.86. The number of carbonyl (C=O) groups is 1. The Kier molecular flexibility index (Phi) is 5.76. The molecule has 0 aliphatic carbocycles. The van der Waals surface area contributed by atoms with Crippen LogP contribution in [0.25, 0.3) is 0 Å². The summed E-state index contributed by atoms with van der Waals surface area (Å²) in [4.78, 5) is 16.8. The average Bonchev–Trinajstić information content (AvgIpc) is 2.63. The lowest BCUT2D eigenvalue weighted by Gasteiger charge is -2.36. The molecule has 0 atom stereocenters. The van der Waals surface area contributed by atoms with Gasteiger partial charge < -0.3 is 4.90 Å². The quantitative estimate of drug-likeness (QED) is 0.806. The number of piperazine rings is 1. The zero-order chi connectivity index (χ0) is 17.9. The predicted octanol–water partition coefficient (Wildman–Crippen LogP) is 1.25. The van der Waals surface area contributed by atoms with Gasteiger partial charge >= 0.3 is 0 Å². The molecule has 0 spiro atoms. The van der Waals surface area contributed by atoms with Gasteiger partial charge in [-0.2, -0.15) is 4.31 Å². The van der Waals surface area contributed by atoms with Crippen molar-refractivity contribution in [2.24, 2.45) is 5.92 Å². The summed E-state index contributed by atoms with van der Waals surface area (Å²) in [5.41, 5.74) is 0. The molecular formula is C18H27N3O3S. The van der Waals surface area contributed by atoms with E-state index in [0.29, 0.717) is 43.5 Å². The zero-order valence-electron chi connectivity index (χ0n) is 14.8. The molecule has 25 heavy (non-hydrogen) atoms. The Labute approximate surface area is 150 Å². The van der Waals surface area contributed by atoms with Crippen LogP contribution in [0.5, 0.6) is 0 Å². The van der Waals surface area contributed by atoms with Crippen LogP contribution < -0.4 is 0 Å². The Morgan fingerprint density at radius 1 is 1.00 bits per heavy atom. The van der Waals surface area contributed by atoms with Crippen molar-refractivity contribution in [1.82, 2.24) is 14.1 Å². The molecule has 2 fully saturated rings. The van der Waals surface area contributed by atoms with Crippen molar-refractivity contribution in [3.8, 4) is 0 Å². The first-order valence-corrected chi connectivity index (χ1v) is 10.5. The lowest BCUT2D eigenvalue weighted by molar-refractivity contribution is -0.134. The van der Waals surface area contributed by atoms with Gasteiger partial charge in [0.2, 0.25) is 15.9 Å². The van der Waals surface area contributed by atoms with Gasteiger partial charge in [-0.3, -0.25) is 9.69 Å². The van der Waals surface area contributed by atoms with E-state index < -0.39 is 10.0 Å². The average molecular weight is 365 g/mol. The van der Waals surface area contributed by atoms with Crippen molar-refractivity contribution < 1.29 is 13.2 Å². The van der Waals surface area contributed by atoms with E-state index in [1.54, 1.807) is 24.3 Å². The predicted molar refractivity (Wildman–Crippen MR) is 96.6 cm³/mol. The Bertz CT molecular complexity index is 677. The first-order chi connectivity index (χ1) is 12.0. The number of piperidine rings is 1. The van der Waals surface area contributed by atoms with Crippen LogP contribution in [0, 0.1) is 5.92 Å². The van der Waals surface area contributed by atoms with E-state index in [2.05, 4.69) is 11.8 Å². The second-order valence-corrected chi connectivity index (χ2v) is 8.99. The molecule has 3 rings (SSSR count). The minimum absolute atomic E-state index is 0.172. The van der Waals surface area contributed by atoms with Crippen LogP contribution in [0.2, 0.25) is 0 Å². The maximum absolute atomic E-state index is 12.6. The Morgan fingerprint density at radius 2 is 1.60 bits per heavy atom. The van der Waals surface area contributed by atoms with Gasteiger partial charge in [-0.25, -0.2) is 8.42 Å².